The van der Waals surface area contributed by atoms with Crippen LogP contribution in [0.2, 0.25) is 0 Å². The molecule has 2 aliphatic rings. The van der Waals surface area contributed by atoms with Crippen LogP contribution in [0.3, 0.4) is 0 Å². The molecule has 0 saturated carbocycles. The van der Waals surface area contributed by atoms with Crippen molar-refractivity contribution < 1.29 is 33.3 Å². The van der Waals surface area contributed by atoms with Gasteiger partial charge < -0.3 is 23.7 Å². The molecule has 4 aromatic rings. The van der Waals surface area contributed by atoms with Crippen molar-refractivity contribution >= 4 is 11.9 Å². The van der Waals surface area contributed by atoms with Crippen LogP contribution in [0.5, 0.6) is 17.2 Å². The third-order valence-electron chi connectivity index (χ3n) is 9.97. The minimum atomic E-state index is -0.429. The van der Waals surface area contributed by atoms with E-state index in [2.05, 4.69) is 20.8 Å². The van der Waals surface area contributed by atoms with Crippen molar-refractivity contribution in [2.24, 2.45) is 5.41 Å². The molecule has 1 heterocycles. The van der Waals surface area contributed by atoms with E-state index < -0.39 is 5.97 Å². The molecule has 0 spiro atoms. The van der Waals surface area contributed by atoms with Crippen LogP contribution < -0.4 is 14.2 Å². The Morgan fingerprint density at radius 2 is 1.26 bits per heavy atom. The number of unbranched alkanes of at least 4 members (excludes halogenated alkanes) is 3. The quantitative estimate of drug-likeness (QED) is 0.0626. The Labute approximate surface area is 295 Å². The lowest BCUT2D eigenvalue weighted by molar-refractivity contribution is -0.150. The maximum Gasteiger partial charge on any atom is 0.343 e. The van der Waals surface area contributed by atoms with E-state index >= 15 is 0 Å². The van der Waals surface area contributed by atoms with Gasteiger partial charge in [-0.3, -0.25) is 0 Å². The normalized spacial score (nSPS) is 15.5. The van der Waals surface area contributed by atoms with E-state index in [1.165, 1.54) is 18.4 Å². The Kier molecular flexibility index (Phi) is 11.7. The van der Waals surface area contributed by atoms with E-state index in [0.717, 1.165) is 74.2 Å². The van der Waals surface area contributed by atoms with Crippen LogP contribution in [-0.2, 0) is 15.9 Å². The molecule has 0 aromatic heterocycles. The number of esters is 2. The van der Waals surface area contributed by atoms with Crippen molar-refractivity contribution in [3.63, 3.8) is 0 Å². The minimum absolute atomic E-state index is 0.0352. The van der Waals surface area contributed by atoms with Crippen molar-refractivity contribution in [2.45, 2.75) is 71.6 Å². The molecular weight excluding hydrogens is 628 g/mol. The summed E-state index contributed by atoms with van der Waals surface area (Å²) < 4.78 is 28.6. The standard InChI is InChI=1S/C43H48O7/c1-4-6-7-10-31-11-13-32(14-12-31)41(44)49-35-19-21-37-38-22-20-36(26-40(38)30(3)39(37)25-35)50-42(45)33-15-17-34(18-16-33)48-24-9-8-23-46-27-43(5-2)28-47-29-43/h11-22,25-26,30H,4-10,23-24,27-29H2,1-3H3. The Bertz CT molecular complexity index is 1750. The van der Waals surface area contributed by atoms with E-state index in [1.54, 1.807) is 24.3 Å². The van der Waals surface area contributed by atoms with Gasteiger partial charge in [0.1, 0.15) is 17.2 Å². The number of hydrogen-bond acceptors (Lipinski definition) is 7. The van der Waals surface area contributed by atoms with Gasteiger partial charge in [-0.25, -0.2) is 9.59 Å². The van der Waals surface area contributed by atoms with Gasteiger partial charge in [0.05, 0.1) is 37.6 Å². The maximum atomic E-state index is 13.0. The summed E-state index contributed by atoms with van der Waals surface area (Å²) in [6.07, 6.45) is 7.46. The lowest BCUT2D eigenvalue weighted by Gasteiger charge is -2.40. The van der Waals surface area contributed by atoms with Crippen LogP contribution in [0.25, 0.3) is 11.1 Å². The number of fused-ring (bicyclic) bond motifs is 3. The van der Waals surface area contributed by atoms with Crippen molar-refractivity contribution in [3.8, 4) is 28.4 Å². The summed E-state index contributed by atoms with van der Waals surface area (Å²) in [4.78, 5) is 25.9. The number of aryl methyl sites for hydroxylation is 1. The molecule has 7 nitrogen and oxygen atoms in total. The lowest BCUT2D eigenvalue weighted by atomic mass is 9.84. The first kappa shape index (κ1) is 35.4. The first-order valence-corrected chi connectivity index (χ1v) is 18.1. The van der Waals surface area contributed by atoms with E-state index in [1.807, 2.05) is 60.7 Å². The molecule has 50 heavy (non-hydrogen) atoms. The van der Waals surface area contributed by atoms with Gasteiger partial charge in [-0.1, -0.05) is 57.9 Å². The molecule has 1 aliphatic heterocycles. The van der Waals surface area contributed by atoms with Crippen molar-refractivity contribution in [3.05, 3.63) is 113 Å². The molecule has 1 fully saturated rings. The summed E-state index contributed by atoms with van der Waals surface area (Å²) in [5.41, 5.74) is 6.72. The highest BCUT2D eigenvalue weighted by Crippen LogP contribution is 2.47. The fraction of sp³-hybridized carbons (Fsp3) is 0.395. The van der Waals surface area contributed by atoms with Gasteiger partial charge in [0.15, 0.2) is 0 Å². The van der Waals surface area contributed by atoms with Gasteiger partial charge in [0, 0.05) is 17.9 Å². The first-order valence-electron chi connectivity index (χ1n) is 18.1. The molecule has 1 unspecified atom stereocenters. The number of hydrogen-bond donors (Lipinski definition) is 0. The number of benzene rings is 4. The van der Waals surface area contributed by atoms with Crippen LogP contribution in [0, 0.1) is 5.41 Å². The largest absolute Gasteiger partial charge is 0.494 e. The Balaban J connectivity index is 0.977. The molecule has 0 radical (unpaired) electrons. The van der Waals surface area contributed by atoms with Crippen molar-refractivity contribution in [2.75, 3.05) is 33.0 Å². The average Bonchev–Trinajstić information content (AvgIpc) is 3.39. The molecule has 1 atom stereocenters. The number of rotatable bonds is 17. The second kappa shape index (κ2) is 16.5. The Morgan fingerprint density at radius 1 is 0.700 bits per heavy atom. The Morgan fingerprint density at radius 3 is 1.80 bits per heavy atom. The topological polar surface area (TPSA) is 80.3 Å². The zero-order valence-corrected chi connectivity index (χ0v) is 29.5. The molecule has 262 valence electrons. The summed E-state index contributed by atoms with van der Waals surface area (Å²) in [7, 11) is 0. The molecule has 1 aliphatic carbocycles. The molecule has 4 aromatic carbocycles. The minimum Gasteiger partial charge on any atom is -0.494 e. The van der Waals surface area contributed by atoms with Gasteiger partial charge in [-0.15, -0.1) is 0 Å². The molecule has 6 rings (SSSR count). The second-order valence-corrected chi connectivity index (χ2v) is 13.6. The van der Waals surface area contributed by atoms with Crippen LogP contribution in [-0.4, -0.2) is 45.0 Å². The third-order valence-corrected chi connectivity index (χ3v) is 9.97. The fourth-order valence-electron chi connectivity index (χ4n) is 6.55. The molecule has 0 bridgehead atoms. The Hall–Kier alpha value is -4.46. The van der Waals surface area contributed by atoms with Crippen LogP contribution in [0.4, 0.5) is 0 Å². The average molecular weight is 677 g/mol. The van der Waals surface area contributed by atoms with E-state index in [4.69, 9.17) is 23.7 Å². The van der Waals surface area contributed by atoms with E-state index in [0.29, 0.717) is 41.6 Å². The number of ether oxygens (including phenoxy) is 5. The summed E-state index contributed by atoms with van der Waals surface area (Å²) in [5, 5.41) is 0. The third kappa shape index (κ3) is 8.45. The zero-order valence-electron chi connectivity index (χ0n) is 29.5. The summed E-state index contributed by atoms with van der Waals surface area (Å²) >= 11 is 0. The highest BCUT2D eigenvalue weighted by molar-refractivity contribution is 5.92. The highest BCUT2D eigenvalue weighted by Gasteiger charge is 2.36. The maximum absolute atomic E-state index is 13.0. The van der Waals surface area contributed by atoms with Gasteiger partial charge in [0.25, 0.3) is 0 Å². The SMILES string of the molecule is CCCCCc1ccc(C(=O)Oc2ccc3c(c2)C(C)c2cc(OC(=O)c4ccc(OCCCCOCC5(CC)COC5)cc4)ccc2-3)cc1. The van der Waals surface area contributed by atoms with Crippen molar-refractivity contribution in [1.82, 2.24) is 0 Å². The predicted molar refractivity (Wildman–Crippen MR) is 195 cm³/mol. The lowest BCUT2D eigenvalue weighted by Crippen LogP contribution is -2.45. The van der Waals surface area contributed by atoms with E-state index in [-0.39, 0.29) is 17.3 Å². The molecule has 1 saturated heterocycles. The molecular formula is C43H48O7. The van der Waals surface area contributed by atoms with Crippen LogP contribution in [0.1, 0.15) is 103 Å². The smallest absolute Gasteiger partial charge is 0.343 e. The van der Waals surface area contributed by atoms with Gasteiger partial charge in [-0.05, 0) is 121 Å². The molecule has 7 heteroatoms. The van der Waals surface area contributed by atoms with Gasteiger partial charge in [-0.2, -0.15) is 0 Å². The predicted octanol–water partition coefficient (Wildman–Crippen LogP) is 9.59. The number of carbonyl (C=O) groups excluding carboxylic acids is 2. The summed E-state index contributed by atoms with van der Waals surface area (Å²) in [6.45, 7) is 10.2. The number of carbonyl (C=O) groups is 2. The van der Waals surface area contributed by atoms with Gasteiger partial charge >= 0.3 is 11.9 Å². The highest BCUT2D eigenvalue weighted by atomic mass is 16.5. The zero-order chi connectivity index (χ0) is 34.9. The second-order valence-electron chi connectivity index (χ2n) is 13.6. The van der Waals surface area contributed by atoms with E-state index in [9.17, 15) is 9.59 Å². The van der Waals surface area contributed by atoms with Crippen LogP contribution in [0.15, 0.2) is 84.9 Å². The molecule has 0 amide bonds. The van der Waals surface area contributed by atoms with Gasteiger partial charge in [0.2, 0.25) is 0 Å². The summed E-state index contributed by atoms with van der Waals surface area (Å²) in [6, 6.07) is 26.2. The fourth-order valence-corrected chi connectivity index (χ4v) is 6.55. The van der Waals surface area contributed by atoms with Crippen molar-refractivity contribution in [1.29, 1.82) is 0 Å². The molecule has 0 N–H and O–H groups in total. The monoisotopic (exact) mass is 676 g/mol. The summed E-state index contributed by atoms with van der Waals surface area (Å²) in [5.74, 6) is 0.936. The first-order chi connectivity index (χ1) is 24.4. The van der Waals surface area contributed by atoms with Crippen LogP contribution >= 0.6 is 0 Å².